The van der Waals surface area contributed by atoms with Crippen LogP contribution in [0.15, 0.2) is 41.8 Å². The molecule has 0 spiro atoms. The van der Waals surface area contributed by atoms with Gasteiger partial charge in [-0.1, -0.05) is 18.2 Å². The normalized spacial score (nSPS) is 11.7. The van der Waals surface area contributed by atoms with Crippen molar-refractivity contribution >= 4 is 28.8 Å². The molecule has 2 N–H and O–H groups in total. The average molecular weight is 288 g/mol. The van der Waals surface area contributed by atoms with E-state index in [0.717, 1.165) is 11.3 Å². The Labute approximate surface area is 121 Å². The summed E-state index contributed by atoms with van der Waals surface area (Å²) in [5, 5.41) is 7.54. The standard InChI is InChI=1S/C15H16N2O2S/c1-10(16-15(19)14-7-4-8-20-14)12-5-3-6-13(9-12)17-11(2)18/h3-10H,1-2H3,(H,16,19)(H,17,18)/t10-/m0/s1. The predicted octanol–water partition coefficient (Wildman–Crippen LogP) is 3.20. The van der Waals surface area contributed by atoms with Gasteiger partial charge in [-0.15, -0.1) is 11.3 Å². The Hall–Kier alpha value is -2.14. The number of carbonyl (C=O) groups is 2. The largest absolute Gasteiger partial charge is 0.345 e. The molecule has 1 atom stereocenters. The second-order valence-electron chi connectivity index (χ2n) is 4.48. The minimum atomic E-state index is -0.127. The van der Waals surface area contributed by atoms with Crippen molar-refractivity contribution in [2.45, 2.75) is 19.9 Å². The molecule has 0 aliphatic carbocycles. The van der Waals surface area contributed by atoms with Crippen LogP contribution < -0.4 is 10.6 Å². The summed E-state index contributed by atoms with van der Waals surface area (Å²) >= 11 is 1.41. The predicted molar refractivity (Wildman–Crippen MR) is 80.9 cm³/mol. The molecule has 2 aromatic rings. The highest BCUT2D eigenvalue weighted by Crippen LogP contribution is 2.18. The van der Waals surface area contributed by atoms with Gasteiger partial charge in [0.15, 0.2) is 0 Å². The Morgan fingerprint density at radius 2 is 2.00 bits per heavy atom. The molecule has 1 aromatic heterocycles. The summed E-state index contributed by atoms with van der Waals surface area (Å²) in [6, 6.07) is 11.0. The molecule has 5 heteroatoms. The lowest BCUT2D eigenvalue weighted by atomic mass is 10.1. The van der Waals surface area contributed by atoms with Crippen LogP contribution in [0.5, 0.6) is 0 Å². The van der Waals surface area contributed by atoms with Crippen LogP contribution in [0.25, 0.3) is 0 Å². The second-order valence-corrected chi connectivity index (χ2v) is 5.43. The van der Waals surface area contributed by atoms with E-state index in [9.17, 15) is 9.59 Å². The van der Waals surface area contributed by atoms with Gasteiger partial charge in [0.2, 0.25) is 5.91 Å². The molecule has 2 amide bonds. The fourth-order valence-electron chi connectivity index (χ4n) is 1.85. The van der Waals surface area contributed by atoms with Crippen molar-refractivity contribution in [2.24, 2.45) is 0 Å². The quantitative estimate of drug-likeness (QED) is 0.907. The molecule has 0 unspecified atom stereocenters. The third-order valence-corrected chi connectivity index (χ3v) is 3.67. The van der Waals surface area contributed by atoms with E-state index in [-0.39, 0.29) is 17.9 Å². The number of carbonyl (C=O) groups excluding carboxylic acids is 2. The molecule has 0 bridgehead atoms. The van der Waals surface area contributed by atoms with Gasteiger partial charge in [-0.05, 0) is 36.1 Å². The maximum atomic E-state index is 12.0. The number of thiophene rings is 1. The molecule has 0 fully saturated rings. The first-order valence-electron chi connectivity index (χ1n) is 6.28. The van der Waals surface area contributed by atoms with Crippen LogP contribution in [0, 0.1) is 0 Å². The summed E-state index contributed by atoms with van der Waals surface area (Å²) in [4.78, 5) is 23.7. The van der Waals surface area contributed by atoms with Crippen LogP contribution in [0.4, 0.5) is 5.69 Å². The zero-order valence-corrected chi connectivity index (χ0v) is 12.2. The summed E-state index contributed by atoms with van der Waals surface area (Å²) < 4.78 is 0. The molecule has 20 heavy (non-hydrogen) atoms. The highest BCUT2D eigenvalue weighted by molar-refractivity contribution is 7.12. The molecule has 0 aliphatic rings. The fourth-order valence-corrected chi connectivity index (χ4v) is 2.47. The lowest BCUT2D eigenvalue weighted by Gasteiger charge is -2.15. The molecule has 0 aliphatic heterocycles. The number of hydrogen-bond acceptors (Lipinski definition) is 3. The molecular formula is C15H16N2O2S. The van der Waals surface area contributed by atoms with Gasteiger partial charge in [0.1, 0.15) is 0 Å². The molecule has 0 saturated heterocycles. The van der Waals surface area contributed by atoms with Gasteiger partial charge in [0, 0.05) is 12.6 Å². The molecule has 2 rings (SSSR count). The minimum absolute atomic E-state index is 0.0857. The Kier molecular flexibility index (Phi) is 4.53. The van der Waals surface area contributed by atoms with E-state index in [4.69, 9.17) is 0 Å². The van der Waals surface area contributed by atoms with Crippen molar-refractivity contribution in [2.75, 3.05) is 5.32 Å². The van der Waals surface area contributed by atoms with Gasteiger partial charge < -0.3 is 10.6 Å². The summed E-state index contributed by atoms with van der Waals surface area (Å²) in [5.41, 5.74) is 1.67. The maximum Gasteiger partial charge on any atom is 0.261 e. The van der Waals surface area contributed by atoms with Gasteiger partial charge in [-0.25, -0.2) is 0 Å². The smallest absolute Gasteiger partial charge is 0.261 e. The van der Waals surface area contributed by atoms with E-state index in [1.807, 2.05) is 42.6 Å². The summed E-state index contributed by atoms with van der Waals surface area (Å²) in [6.07, 6.45) is 0. The lowest BCUT2D eigenvalue weighted by Crippen LogP contribution is -2.25. The van der Waals surface area contributed by atoms with Crippen molar-refractivity contribution in [3.05, 3.63) is 52.2 Å². The van der Waals surface area contributed by atoms with E-state index in [1.165, 1.54) is 18.3 Å². The lowest BCUT2D eigenvalue weighted by molar-refractivity contribution is -0.114. The zero-order chi connectivity index (χ0) is 14.5. The number of anilines is 1. The molecule has 1 heterocycles. The number of hydrogen-bond donors (Lipinski definition) is 2. The first-order chi connectivity index (χ1) is 9.56. The highest BCUT2D eigenvalue weighted by atomic mass is 32.1. The summed E-state index contributed by atoms with van der Waals surface area (Å²) in [6.45, 7) is 3.38. The van der Waals surface area contributed by atoms with Crippen molar-refractivity contribution in [3.8, 4) is 0 Å². The van der Waals surface area contributed by atoms with Gasteiger partial charge in [0.05, 0.1) is 10.9 Å². The molecule has 0 radical (unpaired) electrons. The van der Waals surface area contributed by atoms with E-state index in [1.54, 1.807) is 6.07 Å². The van der Waals surface area contributed by atoms with Crippen LogP contribution in [0.1, 0.15) is 35.1 Å². The average Bonchev–Trinajstić information content (AvgIpc) is 2.92. The van der Waals surface area contributed by atoms with Crippen LogP contribution in [0.2, 0.25) is 0 Å². The van der Waals surface area contributed by atoms with Crippen LogP contribution in [0.3, 0.4) is 0 Å². The molecule has 1 aromatic carbocycles. The second kappa shape index (κ2) is 6.34. The number of benzene rings is 1. The fraction of sp³-hybridized carbons (Fsp3) is 0.200. The number of amides is 2. The van der Waals surface area contributed by atoms with E-state index in [2.05, 4.69) is 10.6 Å². The monoisotopic (exact) mass is 288 g/mol. The molecular weight excluding hydrogens is 272 g/mol. The summed E-state index contributed by atoms with van der Waals surface area (Å²) in [5.74, 6) is -0.199. The zero-order valence-electron chi connectivity index (χ0n) is 11.3. The van der Waals surface area contributed by atoms with Crippen molar-refractivity contribution in [1.29, 1.82) is 0 Å². The van der Waals surface area contributed by atoms with Gasteiger partial charge in [-0.2, -0.15) is 0 Å². The molecule has 104 valence electrons. The molecule has 4 nitrogen and oxygen atoms in total. The first-order valence-corrected chi connectivity index (χ1v) is 7.16. The van der Waals surface area contributed by atoms with E-state index < -0.39 is 0 Å². The Morgan fingerprint density at radius 3 is 2.65 bits per heavy atom. The Bertz CT molecular complexity index is 608. The van der Waals surface area contributed by atoms with Crippen LogP contribution in [-0.4, -0.2) is 11.8 Å². The maximum absolute atomic E-state index is 12.0. The summed E-state index contributed by atoms with van der Waals surface area (Å²) in [7, 11) is 0. The van der Waals surface area contributed by atoms with Crippen molar-refractivity contribution in [3.63, 3.8) is 0 Å². The minimum Gasteiger partial charge on any atom is -0.345 e. The molecule has 0 saturated carbocycles. The Morgan fingerprint density at radius 1 is 1.20 bits per heavy atom. The van der Waals surface area contributed by atoms with Gasteiger partial charge >= 0.3 is 0 Å². The Balaban J connectivity index is 2.07. The first kappa shape index (κ1) is 14.3. The van der Waals surface area contributed by atoms with Crippen LogP contribution >= 0.6 is 11.3 Å². The van der Waals surface area contributed by atoms with Crippen LogP contribution in [-0.2, 0) is 4.79 Å². The highest BCUT2D eigenvalue weighted by Gasteiger charge is 2.12. The number of rotatable bonds is 4. The van der Waals surface area contributed by atoms with E-state index in [0.29, 0.717) is 4.88 Å². The van der Waals surface area contributed by atoms with Crippen molar-refractivity contribution < 1.29 is 9.59 Å². The van der Waals surface area contributed by atoms with Gasteiger partial charge in [-0.3, -0.25) is 9.59 Å². The third kappa shape index (κ3) is 3.68. The van der Waals surface area contributed by atoms with Gasteiger partial charge in [0.25, 0.3) is 5.91 Å². The number of nitrogens with one attached hydrogen (secondary N) is 2. The van der Waals surface area contributed by atoms with E-state index >= 15 is 0 Å². The topological polar surface area (TPSA) is 58.2 Å². The van der Waals surface area contributed by atoms with Crippen molar-refractivity contribution in [1.82, 2.24) is 5.32 Å². The SMILES string of the molecule is CC(=O)Nc1cccc([C@H](C)NC(=O)c2cccs2)c1. The third-order valence-electron chi connectivity index (χ3n) is 2.80.